The fraction of sp³-hybridized carbons (Fsp3) is 0.278. The van der Waals surface area contributed by atoms with E-state index in [-0.39, 0.29) is 23.0 Å². The third-order valence-electron chi connectivity index (χ3n) is 4.53. The van der Waals surface area contributed by atoms with Gasteiger partial charge in [0.25, 0.3) is 5.69 Å². The summed E-state index contributed by atoms with van der Waals surface area (Å²) in [5.74, 6) is -0.911. The Morgan fingerprint density at radius 1 is 1.21 bits per heavy atom. The Bertz CT molecular complexity index is 995. The first kappa shape index (κ1) is 20.2. The van der Waals surface area contributed by atoms with Crippen LogP contribution in [0.3, 0.4) is 0 Å². The molecule has 2 aromatic carbocycles. The number of rotatable bonds is 5. The van der Waals surface area contributed by atoms with Gasteiger partial charge >= 0.3 is 0 Å². The highest BCUT2D eigenvalue weighted by Crippen LogP contribution is 2.26. The first-order valence-electron chi connectivity index (χ1n) is 8.58. The SMILES string of the molecule is O=C(Nc1cccc([N+](=O)[O-])c1)[C@H]1CCCN(S(=O)(=O)c2ccc(Cl)cc2)C1. The summed E-state index contributed by atoms with van der Waals surface area (Å²) in [6.45, 7) is 0.372. The molecule has 1 N–H and O–H groups in total. The van der Waals surface area contributed by atoms with Gasteiger partial charge in [0, 0.05) is 35.9 Å². The van der Waals surface area contributed by atoms with Crippen LogP contribution in [0.1, 0.15) is 12.8 Å². The summed E-state index contributed by atoms with van der Waals surface area (Å²) in [5, 5.41) is 13.9. The first-order valence-corrected chi connectivity index (χ1v) is 10.4. The summed E-state index contributed by atoms with van der Waals surface area (Å²) in [4.78, 5) is 23.0. The van der Waals surface area contributed by atoms with Crippen LogP contribution in [0.25, 0.3) is 0 Å². The van der Waals surface area contributed by atoms with E-state index in [0.29, 0.717) is 30.1 Å². The van der Waals surface area contributed by atoms with Crippen LogP contribution >= 0.6 is 11.6 Å². The van der Waals surface area contributed by atoms with Crippen LogP contribution < -0.4 is 5.32 Å². The standard InChI is InChI=1S/C18H18ClN3O5S/c19-14-6-8-17(9-7-14)28(26,27)21-10-2-3-13(12-21)18(23)20-15-4-1-5-16(11-15)22(24)25/h1,4-9,11,13H,2-3,10,12H2,(H,20,23)/t13-/m0/s1. The quantitative estimate of drug-likeness (QED) is 0.586. The predicted octanol–water partition coefficient (Wildman–Crippen LogP) is 3.29. The number of nitrogens with zero attached hydrogens (tertiary/aromatic N) is 2. The molecule has 0 unspecified atom stereocenters. The number of halogens is 1. The Hall–Kier alpha value is -2.49. The second-order valence-electron chi connectivity index (χ2n) is 6.45. The number of sulfonamides is 1. The molecule has 1 aliphatic rings. The normalized spacial score (nSPS) is 17.8. The molecule has 1 saturated heterocycles. The summed E-state index contributed by atoms with van der Waals surface area (Å²) in [6.07, 6.45) is 1.08. The lowest BCUT2D eigenvalue weighted by atomic mass is 9.98. The van der Waals surface area contributed by atoms with Crippen molar-refractivity contribution in [3.05, 3.63) is 63.7 Å². The molecule has 28 heavy (non-hydrogen) atoms. The number of hydrogen-bond donors (Lipinski definition) is 1. The molecule has 1 atom stereocenters. The maximum absolute atomic E-state index is 12.8. The predicted molar refractivity (Wildman–Crippen MR) is 105 cm³/mol. The molecule has 10 heteroatoms. The van der Waals surface area contributed by atoms with Gasteiger partial charge in [0.05, 0.1) is 15.7 Å². The van der Waals surface area contributed by atoms with Crippen molar-refractivity contribution >= 4 is 38.9 Å². The fourth-order valence-corrected chi connectivity index (χ4v) is 4.72. The second-order valence-corrected chi connectivity index (χ2v) is 8.83. The van der Waals surface area contributed by atoms with Crippen LogP contribution in [-0.4, -0.2) is 36.6 Å². The lowest BCUT2D eigenvalue weighted by Gasteiger charge is -2.31. The van der Waals surface area contributed by atoms with Gasteiger partial charge in [-0.1, -0.05) is 17.7 Å². The van der Waals surface area contributed by atoms with Crippen molar-refractivity contribution in [2.45, 2.75) is 17.7 Å². The van der Waals surface area contributed by atoms with E-state index in [2.05, 4.69) is 5.32 Å². The van der Waals surface area contributed by atoms with E-state index in [1.165, 1.54) is 46.8 Å². The molecule has 2 aromatic rings. The maximum Gasteiger partial charge on any atom is 0.271 e. The highest BCUT2D eigenvalue weighted by Gasteiger charge is 2.33. The Kier molecular flexibility index (Phi) is 5.97. The minimum atomic E-state index is -3.73. The van der Waals surface area contributed by atoms with Gasteiger partial charge in [-0.3, -0.25) is 14.9 Å². The zero-order chi connectivity index (χ0) is 20.3. The monoisotopic (exact) mass is 423 g/mol. The van der Waals surface area contributed by atoms with E-state index in [4.69, 9.17) is 11.6 Å². The van der Waals surface area contributed by atoms with Crippen molar-refractivity contribution in [1.29, 1.82) is 0 Å². The molecule has 0 radical (unpaired) electrons. The zero-order valence-corrected chi connectivity index (χ0v) is 16.3. The molecule has 1 amide bonds. The van der Waals surface area contributed by atoms with Gasteiger partial charge in [-0.25, -0.2) is 8.42 Å². The van der Waals surface area contributed by atoms with Crippen LogP contribution in [-0.2, 0) is 14.8 Å². The number of anilines is 1. The maximum atomic E-state index is 12.8. The van der Waals surface area contributed by atoms with Crippen molar-refractivity contribution in [1.82, 2.24) is 4.31 Å². The van der Waals surface area contributed by atoms with Gasteiger partial charge in [-0.15, -0.1) is 0 Å². The topological polar surface area (TPSA) is 110 Å². The number of non-ortho nitro benzene ring substituents is 1. The molecule has 1 heterocycles. The van der Waals surface area contributed by atoms with Crippen molar-refractivity contribution in [2.75, 3.05) is 18.4 Å². The van der Waals surface area contributed by atoms with Gasteiger partial charge in [0.15, 0.2) is 0 Å². The van der Waals surface area contributed by atoms with Gasteiger partial charge in [0.2, 0.25) is 15.9 Å². The first-order chi connectivity index (χ1) is 13.3. The van der Waals surface area contributed by atoms with E-state index in [9.17, 15) is 23.3 Å². The number of nitrogens with one attached hydrogen (secondary N) is 1. The van der Waals surface area contributed by atoms with Gasteiger partial charge < -0.3 is 5.32 Å². The number of piperidine rings is 1. The van der Waals surface area contributed by atoms with E-state index >= 15 is 0 Å². The molecule has 0 saturated carbocycles. The van der Waals surface area contributed by atoms with Crippen LogP contribution in [0.15, 0.2) is 53.4 Å². The molecule has 148 valence electrons. The van der Waals surface area contributed by atoms with Gasteiger partial charge in [-0.05, 0) is 43.2 Å². The Balaban J connectivity index is 1.72. The van der Waals surface area contributed by atoms with Crippen molar-refractivity contribution in [3.8, 4) is 0 Å². The number of hydrogen-bond acceptors (Lipinski definition) is 5. The average molecular weight is 424 g/mol. The van der Waals surface area contributed by atoms with Crippen molar-refractivity contribution in [3.63, 3.8) is 0 Å². The number of nitro groups is 1. The fourth-order valence-electron chi connectivity index (χ4n) is 3.07. The smallest absolute Gasteiger partial charge is 0.271 e. The van der Waals surface area contributed by atoms with Gasteiger partial charge in [0.1, 0.15) is 0 Å². The molecule has 0 aliphatic carbocycles. The summed E-state index contributed by atoms with van der Waals surface area (Å²) in [7, 11) is -3.73. The highest BCUT2D eigenvalue weighted by atomic mass is 35.5. The van der Waals surface area contributed by atoms with E-state index < -0.39 is 20.9 Å². The molecule has 8 nitrogen and oxygen atoms in total. The minimum Gasteiger partial charge on any atom is -0.326 e. The zero-order valence-electron chi connectivity index (χ0n) is 14.7. The summed E-state index contributed by atoms with van der Waals surface area (Å²) < 4.78 is 26.9. The van der Waals surface area contributed by atoms with Crippen LogP contribution in [0.4, 0.5) is 11.4 Å². The van der Waals surface area contributed by atoms with Crippen LogP contribution in [0.5, 0.6) is 0 Å². The second kappa shape index (κ2) is 8.26. The third kappa shape index (κ3) is 4.49. The minimum absolute atomic E-state index is 0.0473. The number of carbonyl (C=O) groups excluding carboxylic acids is 1. The lowest BCUT2D eigenvalue weighted by molar-refractivity contribution is -0.384. The van der Waals surface area contributed by atoms with Crippen LogP contribution in [0, 0.1) is 16.0 Å². The molecule has 0 bridgehead atoms. The Morgan fingerprint density at radius 3 is 2.61 bits per heavy atom. The van der Waals surface area contributed by atoms with E-state index in [1.807, 2.05) is 0 Å². The highest BCUT2D eigenvalue weighted by molar-refractivity contribution is 7.89. The van der Waals surface area contributed by atoms with E-state index in [1.54, 1.807) is 6.07 Å². The summed E-state index contributed by atoms with van der Waals surface area (Å²) >= 11 is 5.82. The lowest BCUT2D eigenvalue weighted by Crippen LogP contribution is -2.43. The molecule has 3 rings (SSSR count). The van der Waals surface area contributed by atoms with Gasteiger partial charge in [-0.2, -0.15) is 4.31 Å². The average Bonchev–Trinajstić information content (AvgIpc) is 2.68. The number of benzene rings is 2. The number of nitro benzene ring substituents is 1. The molecule has 1 aliphatic heterocycles. The molecular formula is C18H18ClN3O5S. The summed E-state index contributed by atoms with van der Waals surface area (Å²) in [6, 6.07) is 11.5. The summed E-state index contributed by atoms with van der Waals surface area (Å²) in [5.41, 5.74) is 0.172. The van der Waals surface area contributed by atoms with E-state index in [0.717, 1.165) is 0 Å². The Morgan fingerprint density at radius 2 is 1.93 bits per heavy atom. The third-order valence-corrected chi connectivity index (χ3v) is 6.66. The van der Waals surface area contributed by atoms with Crippen molar-refractivity contribution in [2.24, 2.45) is 5.92 Å². The van der Waals surface area contributed by atoms with Crippen LogP contribution in [0.2, 0.25) is 5.02 Å². The number of carbonyl (C=O) groups is 1. The largest absolute Gasteiger partial charge is 0.326 e. The Labute approximate surface area is 167 Å². The number of amides is 1. The molecule has 1 fully saturated rings. The molecule has 0 aromatic heterocycles. The molecular weight excluding hydrogens is 406 g/mol. The molecule has 0 spiro atoms. The van der Waals surface area contributed by atoms with Crippen molar-refractivity contribution < 1.29 is 18.1 Å².